The number of hydrogen-bond acceptors (Lipinski definition) is 3. The Balaban J connectivity index is 2.04. The molecule has 3 rings (SSSR count). The van der Waals surface area contributed by atoms with Crippen molar-refractivity contribution in [1.82, 2.24) is 14.8 Å². The first kappa shape index (κ1) is 11.9. The third-order valence-corrected chi connectivity index (χ3v) is 3.64. The van der Waals surface area contributed by atoms with Gasteiger partial charge in [-0.3, -0.25) is 9.67 Å². The summed E-state index contributed by atoms with van der Waals surface area (Å²) in [5.74, 6) is -0.312. The summed E-state index contributed by atoms with van der Waals surface area (Å²) in [7, 11) is 0. The third-order valence-electron chi connectivity index (χ3n) is 3.64. The maximum Gasteiger partial charge on any atom is 0.339 e. The maximum absolute atomic E-state index is 11.3. The lowest BCUT2D eigenvalue weighted by atomic mass is 10.1. The lowest BCUT2D eigenvalue weighted by Crippen LogP contribution is -2.07. The van der Waals surface area contributed by atoms with Crippen molar-refractivity contribution in [3.63, 3.8) is 0 Å². The molecule has 5 nitrogen and oxygen atoms in total. The van der Waals surface area contributed by atoms with Crippen molar-refractivity contribution in [1.29, 1.82) is 0 Å². The lowest BCUT2D eigenvalue weighted by molar-refractivity contribution is 0.0697. The molecule has 0 spiro atoms. The highest BCUT2D eigenvalue weighted by molar-refractivity contribution is 5.94. The molecule has 0 aromatic carbocycles. The normalized spacial score (nSPS) is 16.3. The third kappa shape index (κ3) is 2.23. The van der Waals surface area contributed by atoms with E-state index in [0.29, 0.717) is 11.6 Å². The van der Waals surface area contributed by atoms with Gasteiger partial charge in [-0.2, -0.15) is 5.10 Å². The molecule has 2 aromatic rings. The predicted octanol–water partition coefficient (Wildman–Crippen LogP) is 2.61. The van der Waals surface area contributed by atoms with E-state index in [4.69, 9.17) is 0 Å². The van der Waals surface area contributed by atoms with Crippen LogP contribution in [0, 0.1) is 5.92 Å². The summed E-state index contributed by atoms with van der Waals surface area (Å²) in [5.41, 5.74) is 1.55. The Kier molecular flexibility index (Phi) is 2.81. The molecule has 1 atom stereocenters. The maximum atomic E-state index is 11.3. The molecule has 1 unspecified atom stereocenters. The van der Waals surface area contributed by atoms with Crippen molar-refractivity contribution in [2.45, 2.75) is 25.8 Å². The van der Waals surface area contributed by atoms with E-state index in [0.717, 1.165) is 5.56 Å². The van der Waals surface area contributed by atoms with Gasteiger partial charge in [0.2, 0.25) is 0 Å². The molecule has 19 heavy (non-hydrogen) atoms. The number of aromatic carboxylic acids is 1. The van der Waals surface area contributed by atoms with Crippen LogP contribution < -0.4 is 0 Å². The highest BCUT2D eigenvalue weighted by Gasteiger charge is 2.31. The van der Waals surface area contributed by atoms with Crippen LogP contribution in [-0.4, -0.2) is 25.8 Å². The van der Waals surface area contributed by atoms with E-state index >= 15 is 0 Å². The van der Waals surface area contributed by atoms with Crippen molar-refractivity contribution in [2.75, 3.05) is 0 Å². The molecule has 98 valence electrons. The van der Waals surface area contributed by atoms with Gasteiger partial charge in [0.15, 0.2) is 0 Å². The monoisotopic (exact) mass is 257 g/mol. The van der Waals surface area contributed by atoms with Gasteiger partial charge < -0.3 is 5.11 Å². The van der Waals surface area contributed by atoms with Gasteiger partial charge in [0.25, 0.3) is 0 Å². The molecule has 2 heterocycles. The minimum Gasteiger partial charge on any atom is -0.478 e. The van der Waals surface area contributed by atoms with Crippen LogP contribution >= 0.6 is 0 Å². The summed E-state index contributed by atoms with van der Waals surface area (Å²) in [4.78, 5) is 15.3. The summed E-state index contributed by atoms with van der Waals surface area (Å²) < 4.78 is 1.79. The standard InChI is InChI=1S/C14H15N3O2/c1-9(10-2-3-10)17-8-12(14(18)19)13(16-17)11-4-6-15-7-5-11/h4-10H,2-3H2,1H3,(H,18,19). The quantitative estimate of drug-likeness (QED) is 0.914. The predicted molar refractivity (Wildman–Crippen MR) is 69.9 cm³/mol. The average Bonchev–Trinajstić information content (AvgIpc) is 3.17. The Bertz CT molecular complexity index is 602. The number of carboxylic acid groups (broad SMARTS) is 1. The molecule has 0 saturated heterocycles. The largest absolute Gasteiger partial charge is 0.478 e. The molecular formula is C14H15N3O2. The number of carboxylic acids is 1. The zero-order valence-electron chi connectivity index (χ0n) is 10.7. The second kappa shape index (κ2) is 4.50. The van der Waals surface area contributed by atoms with Gasteiger partial charge in [0.1, 0.15) is 11.3 Å². The molecule has 1 fully saturated rings. The van der Waals surface area contributed by atoms with Gasteiger partial charge in [-0.1, -0.05) is 0 Å². The number of nitrogens with zero attached hydrogens (tertiary/aromatic N) is 3. The van der Waals surface area contributed by atoms with Gasteiger partial charge in [-0.15, -0.1) is 0 Å². The topological polar surface area (TPSA) is 68.0 Å². The summed E-state index contributed by atoms with van der Waals surface area (Å²) in [6.07, 6.45) is 7.33. The average molecular weight is 257 g/mol. The van der Waals surface area contributed by atoms with E-state index < -0.39 is 5.97 Å². The molecule has 0 radical (unpaired) electrons. The van der Waals surface area contributed by atoms with Gasteiger partial charge in [-0.25, -0.2) is 4.79 Å². The molecular weight excluding hydrogens is 242 g/mol. The zero-order valence-corrected chi connectivity index (χ0v) is 10.7. The van der Waals surface area contributed by atoms with Crippen LogP contribution in [0.3, 0.4) is 0 Å². The second-order valence-electron chi connectivity index (χ2n) is 4.99. The number of aromatic nitrogens is 3. The van der Waals surface area contributed by atoms with Gasteiger partial charge in [0.05, 0.1) is 6.04 Å². The van der Waals surface area contributed by atoms with Gasteiger partial charge in [-0.05, 0) is 37.8 Å². The highest BCUT2D eigenvalue weighted by Crippen LogP contribution is 2.39. The Morgan fingerprint density at radius 3 is 2.68 bits per heavy atom. The van der Waals surface area contributed by atoms with Crippen LogP contribution in [0.5, 0.6) is 0 Å². The van der Waals surface area contributed by atoms with E-state index in [1.165, 1.54) is 12.8 Å². The Morgan fingerprint density at radius 2 is 2.11 bits per heavy atom. The van der Waals surface area contributed by atoms with Gasteiger partial charge in [0, 0.05) is 24.2 Å². The fraction of sp³-hybridized carbons (Fsp3) is 0.357. The van der Waals surface area contributed by atoms with Crippen LogP contribution in [0.15, 0.2) is 30.7 Å². The first-order chi connectivity index (χ1) is 9.16. The first-order valence-electron chi connectivity index (χ1n) is 6.39. The number of pyridine rings is 1. The molecule has 5 heteroatoms. The molecule has 1 aliphatic carbocycles. The zero-order chi connectivity index (χ0) is 13.4. The van der Waals surface area contributed by atoms with Crippen molar-refractivity contribution in [3.8, 4) is 11.3 Å². The van der Waals surface area contributed by atoms with Crippen LogP contribution in [0.25, 0.3) is 11.3 Å². The van der Waals surface area contributed by atoms with Crippen molar-refractivity contribution < 1.29 is 9.90 Å². The number of rotatable bonds is 4. The minimum absolute atomic E-state index is 0.249. The van der Waals surface area contributed by atoms with Crippen molar-refractivity contribution in [3.05, 3.63) is 36.3 Å². The number of hydrogen-bond donors (Lipinski definition) is 1. The number of carbonyl (C=O) groups is 1. The Labute approximate surface area is 110 Å². The van der Waals surface area contributed by atoms with Crippen molar-refractivity contribution >= 4 is 5.97 Å². The van der Waals surface area contributed by atoms with E-state index in [9.17, 15) is 9.90 Å². The molecule has 0 aliphatic heterocycles. The second-order valence-corrected chi connectivity index (χ2v) is 4.99. The first-order valence-corrected chi connectivity index (χ1v) is 6.39. The smallest absolute Gasteiger partial charge is 0.339 e. The molecule has 1 saturated carbocycles. The van der Waals surface area contributed by atoms with Crippen LogP contribution in [0.4, 0.5) is 0 Å². The minimum atomic E-state index is -0.943. The summed E-state index contributed by atoms with van der Waals surface area (Å²) in [5, 5.41) is 13.8. The SMILES string of the molecule is CC(C1CC1)n1cc(C(=O)O)c(-c2ccncc2)n1. The molecule has 0 bridgehead atoms. The molecule has 0 amide bonds. The molecule has 1 N–H and O–H groups in total. The Hall–Kier alpha value is -2.17. The summed E-state index contributed by atoms with van der Waals surface area (Å²) in [6, 6.07) is 3.82. The fourth-order valence-corrected chi connectivity index (χ4v) is 2.27. The van der Waals surface area contributed by atoms with Crippen molar-refractivity contribution in [2.24, 2.45) is 5.92 Å². The van der Waals surface area contributed by atoms with E-state index in [1.54, 1.807) is 35.4 Å². The van der Waals surface area contributed by atoms with Crippen LogP contribution in [-0.2, 0) is 0 Å². The lowest BCUT2D eigenvalue weighted by Gasteiger charge is -2.09. The van der Waals surface area contributed by atoms with E-state index in [1.807, 2.05) is 0 Å². The molecule has 1 aliphatic rings. The van der Waals surface area contributed by atoms with E-state index in [-0.39, 0.29) is 11.6 Å². The Morgan fingerprint density at radius 1 is 1.42 bits per heavy atom. The van der Waals surface area contributed by atoms with E-state index in [2.05, 4.69) is 17.0 Å². The highest BCUT2D eigenvalue weighted by atomic mass is 16.4. The fourth-order valence-electron chi connectivity index (χ4n) is 2.27. The van der Waals surface area contributed by atoms with Crippen LogP contribution in [0.2, 0.25) is 0 Å². The molecule has 2 aromatic heterocycles. The van der Waals surface area contributed by atoms with Crippen LogP contribution in [0.1, 0.15) is 36.2 Å². The van der Waals surface area contributed by atoms with Gasteiger partial charge >= 0.3 is 5.97 Å². The summed E-state index contributed by atoms with van der Waals surface area (Å²) >= 11 is 0. The summed E-state index contributed by atoms with van der Waals surface area (Å²) in [6.45, 7) is 2.09.